The first-order valence-corrected chi connectivity index (χ1v) is 32.0. The van der Waals surface area contributed by atoms with Crippen molar-refractivity contribution < 1.29 is 52.3 Å². The SMILES string of the molecule is CC(C)(C)C(=O)COCc1ccc(Oc2ccc(C(C)(C)C)cc2)cc1.CC(C)(C)CCOCCCCOCC(=O)C(C)(C)C.CC(C)(C)CCOCCCOCC(=O)C(C)(C)C.CC(C)(C)OCCn1ccc(-c2ccc(CC(=O)C(C)(C)C)cc2)n1. The number of carbonyl (C=O) groups is 4. The van der Waals surface area contributed by atoms with E-state index in [-0.39, 0.29) is 75.6 Å². The third kappa shape index (κ3) is 40.0. The first-order chi connectivity index (χ1) is 40.4. The number of Topliss-reactive ketones (excluding diaryl/α,β-unsaturated/α-hetero) is 4. The van der Waals surface area contributed by atoms with Crippen molar-refractivity contribution in [3.8, 4) is 22.8 Å². The molecule has 0 radical (unpaired) electrons. The molecule has 1 heterocycles. The van der Waals surface area contributed by atoms with Gasteiger partial charge in [0.1, 0.15) is 37.1 Å². The van der Waals surface area contributed by atoms with Gasteiger partial charge in [0.25, 0.3) is 0 Å². The van der Waals surface area contributed by atoms with E-state index in [4.69, 9.17) is 33.2 Å². The second-order valence-electron chi connectivity index (χ2n) is 31.5. The van der Waals surface area contributed by atoms with Gasteiger partial charge in [0.15, 0.2) is 17.3 Å². The zero-order valence-electron chi connectivity index (χ0n) is 59.7. The van der Waals surface area contributed by atoms with E-state index in [9.17, 15) is 19.2 Å². The Balaban J connectivity index is 0.000000595. The summed E-state index contributed by atoms with van der Waals surface area (Å²) in [6.45, 7) is 55.8. The molecular formula is C75H122N2O11. The van der Waals surface area contributed by atoms with Gasteiger partial charge in [0.2, 0.25) is 0 Å². The first kappa shape index (κ1) is 81.1. The Hall–Kier alpha value is -4.89. The van der Waals surface area contributed by atoms with Crippen LogP contribution in [0.3, 0.4) is 0 Å². The summed E-state index contributed by atoms with van der Waals surface area (Å²) < 4.78 is 40.9. The predicted octanol–water partition coefficient (Wildman–Crippen LogP) is 17.7. The molecule has 4 rings (SSSR count). The average molecular weight is 1230 g/mol. The Morgan fingerprint density at radius 2 is 0.807 bits per heavy atom. The maximum Gasteiger partial charge on any atom is 0.163 e. The van der Waals surface area contributed by atoms with Gasteiger partial charge in [0, 0.05) is 79.5 Å². The molecule has 0 bridgehead atoms. The van der Waals surface area contributed by atoms with Crippen molar-refractivity contribution in [3.05, 3.63) is 102 Å². The summed E-state index contributed by atoms with van der Waals surface area (Å²) in [5.41, 5.74) is 4.75. The smallest absolute Gasteiger partial charge is 0.163 e. The zero-order valence-corrected chi connectivity index (χ0v) is 59.7. The maximum absolute atomic E-state index is 12.1. The molecule has 0 unspecified atom stereocenters. The molecule has 0 aliphatic heterocycles. The van der Waals surface area contributed by atoms with E-state index in [1.54, 1.807) is 0 Å². The number of ketones is 4. The molecule has 0 aliphatic carbocycles. The Bertz CT molecular complexity index is 2580. The van der Waals surface area contributed by atoms with Gasteiger partial charge >= 0.3 is 0 Å². The van der Waals surface area contributed by atoms with E-state index in [1.165, 1.54) is 5.56 Å². The lowest BCUT2D eigenvalue weighted by molar-refractivity contribution is -0.131. The van der Waals surface area contributed by atoms with Crippen molar-refractivity contribution in [2.75, 3.05) is 66.1 Å². The van der Waals surface area contributed by atoms with Gasteiger partial charge in [-0.3, -0.25) is 23.9 Å². The first-order valence-electron chi connectivity index (χ1n) is 32.0. The minimum Gasteiger partial charge on any atom is -0.457 e. The molecule has 0 saturated heterocycles. The molecule has 4 aromatic rings. The fourth-order valence-corrected chi connectivity index (χ4v) is 7.02. The largest absolute Gasteiger partial charge is 0.457 e. The van der Waals surface area contributed by atoms with Crippen molar-refractivity contribution >= 4 is 23.1 Å². The van der Waals surface area contributed by atoms with Gasteiger partial charge in [-0.05, 0) is 116 Å². The summed E-state index contributed by atoms with van der Waals surface area (Å²) in [4.78, 5) is 47.1. The number of ether oxygens (including phenoxy) is 7. The van der Waals surface area contributed by atoms with E-state index >= 15 is 0 Å². The highest BCUT2D eigenvalue weighted by atomic mass is 16.5. The van der Waals surface area contributed by atoms with Crippen LogP contribution in [0.1, 0.15) is 215 Å². The Kier molecular flexibility index (Phi) is 35.1. The predicted molar refractivity (Wildman–Crippen MR) is 362 cm³/mol. The van der Waals surface area contributed by atoms with Crippen LogP contribution in [0.15, 0.2) is 85.1 Å². The fourth-order valence-electron chi connectivity index (χ4n) is 7.02. The monoisotopic (exact) mass is 1230 g/mol. The highest BCUT2D eigenvalue weighted by Crippen LogP contribution is 2.28. The number of rotatable bonds is 29. The molecular weight excluding hydrogens is 1100 g/mol. The van der Waals surface area contributed by atoms with E-state index in [1.807, 2.05) is 181 Å². The van der Waals surface area contributed by atoms with Crippen LogP contribution in [-0.4, -0.2) is 105 Å². The molecule has 0 N–H and O–H groups in total. The van der Waals surface area contributed by atoms with Gasteiger partial charge in [-0.1, -0.05) is 194 Å². The number of nitrogens with zero attached hydrogens (tertiary/aromatic N) is 2. The summed E-state index contributed by atoms with van der Waals surface area (Å²) in [6.07, 6.45) is 7.39. The lowest BCUT2D eigenvalue weighted by atomic mass is 9.87. The lowest BCUT2D eigenvalue weighted by Gasteiger charge is -2.19. The molecule has 0 fully saturated rings. The molecule has 88 heavy (non-hydrogen) atoms. The Morgan fingerprint density at radius 3 is 1.23 bits per heavy atom. The Morgan fingerprint density at radius 1 is 0.409 bits per heavy atom. The summed E-state index contributed by atoms with van der Waals surface area (Å²) in [5.74, 6) is 2.27. The summed E-state index contributed by atoms with van der Waals surface area (Å²) in [6, 6.07) is 26.0. The molecule has 0 atom stereocenters. The number of aromatic nitrogens is 2. The van der Waals surface area contributed by atoms with Crippen LogP contribution in [0, 0.1) is 32.5 Å². The van der Waals surface area contributed by atoms with Crippen LogP contribution >= 0.6 is 0 Å². The molecule has 0 aliphatic rings. The molecule has 1 aromatic heterocycles. The highest BCUT2D eigenvalue weighted by molar-refractivity contribution is 5.86. The van der Waals surface area contributed by atoms with E-state index in [2.05, 4.69) is 79.5 Å². The number of hydrogen-bond acceptors (Lipinski definition) is 12. The second-order valence-corrected chi connectivity index (χ2v) is 31.5. The van der Waals surface area contributed by atoms with Crippen molar-refractivity contribution in [2.45, 2.75) is 229 Å². The van der Waals surface area contributed by atoms with Crippen LogP contribution < -0.4 is 4.74 Å². The summed E-state index contributed by atoms with van der Waals surface area (Å²) in [5, 5.41) is 4.60. The quantitative estimate of drug-likeness (QED) is 0.0476. The third-order valence-corrected chi connectivity index (χ3v) is 13.7. The number of carbonyl (C=O) groups excluding carboxylic acids is 4. The van der Waals surface area contributed by atoms with Crippen LogP contribution in [0.25, 0.3) is 11.3 Å². The Labute approximate surface area is 534 Å². The second kappa shape index (κ2) is 38.1. The van der Waals surface area contributed by atoms with E-state index in [0.717, 1.165) is 92.4 Å². The van der Waals surface area contributed by atoms with Crippen LogP contribution in [-0.2, 0) is 72.6 Å². The number of benzene rings is 3. The molecule has 13 nitrogen and oxygen atoms in total. The third-order valence-electron chi connectivity index (χ3n) is 13.7. The maximum atomic E-state index is 12.1. The van der Waals surface area contributed by atoms with Gasteiger partial charge in [-0.15, -0.1) is 0 Å². The summed E-state index contributed by atoms with van der Waals surface area (Å²) in [7, 11) is 0. The minimum atomic E-state index is -0.361. The molecule has 0 amide bonds. The molecule has 0 spiro atoms. The normalized spacial score (nSPS) is 12.5. The van der Waals surface area contributed by atoms with Crippen LogP contribution in [0.2, 0.25) is 0 Å². The van der Waals surface area contributed by atoms with Crippen molar-refractivity contribution in [2.24, 2.45) is 32.5 Å². The molecule has 0 saturated carbocycles. The van der Waals surface area contributed by atoms with Crippen LogP contribution in [0.4, 0.5) is 0 Å². The van der Waals surface area contributed by atoms with Crippen molar-refractivity contribution in [1.29, 1.82) is 0 Å². The van der Waals surface area contributed by atoms with Gasteiger partial charge in [-0.2, -0.15) is 5.10 Å². The van der Waals surface area contributed by atoms with Gasteiger partial charge < -0.3 is 33.2 Å². The molecule has 498 valence electrons. The topological polar surface area (TPSA) is 151 Å². The van der Waals surface area contributed by atoms with Gasteiger partial charge in [-0.25, -0.2) is 0 Å². The molecule has 13 heteroatoms. The van der Waals surface area contributed by atoms with Crippen LogP contribution in [0.5, 0.6) is 11.5 Å². The fraction of sp³-hybridized carbons (Fsp3) is 0.667. The minimum absolute atomic E-state index is 0.108. The zero-order chi connectivity index (χ0) is 67.2. The van der Waals surface area contributed by atoms with E-state index < -0.39 is 0 Å². The van der Waals surface area contributed by atoms with Crippen molar-refractivity contribution in [1.82, 2.24) is 9.78 Å². The highest BCUT2D eigenvalue weighted by Gasteiger charge is 2.24. The summed E-state index contributed by atoms with van der Waals surface area (Å²) >= 11 is 0. The lowest BCUT2D eigenvalue weighted by Crippen LogP contribution is -2.25. The average Bonchev–Trinajstić information content (AvgIpc) is 3.98. The standard InChI is InChI=1S/C23H30O3.C21H30N2O2.C16H32O3.C15H30O3/c1-22(2,3)18-9-13-20(14-10-18)26-19-11-7-17(8-12-19)15-25-16-21(24)23(4,5)6;1-20(2,3)19(24)15-16-7-9-17(10-8-16)18-11-12-23(22-18)13-14-25-21(4,5)6;1-15(2,3)9-12-18-10-7-8-11-19-13-14(17)16(4,5)6;1-14(2,3)8-11-17-9-7-10-18-12-13(16)15(4,5)6/h7-14H,15-16H2,1-6H3;7-12H,13-15H2,1-6H3;7-13H2,1-6H3;7-12H2,1-6H3. The number of hydrogen-bond donors (Lipinski definition) is 0. The van der Waals surface area contributed by atoms with Gasteiger partial charge in [0.05, 0.1) is 31.1 Å². The van der Waals surface area contributed by atoms with Crippen molar-refractivity contribution in [3.63, 3.8) is 0 Å². The van der Waals surface area contributed by atoms with E-state index in [0.29, 0.717) is 50.3 Å². The number of unbranched alkanes of at least 4 members (excludes halogenated alkanes) is 1. The molecule has 3 aromatic carbocycles.